The molecule has 0 bridgehead atoms. The third kappa shape index (κ3) is 2.29. The largest absolute Gasteiger partial charge is 0.481 e. The van der Waals surface area contributed by atoms with E-state index in [0.29, 0.717) is 6.54 Å². The van der Waals surface area contributed by atoms with Gasteiger partial charge in [-0.15, -0.1) is 0 Å². The van der Waals surface area contributed by atoms with Crippen LogP contribution in [0.4, 0.5) is 0 Å². The molecule has 72 valence electrons. The molecule has 1 atom stereocenters. The standard InChI is InChI=1S/C8H13N3O2/c1-5-8(11-4-10-5)6(3-9)2-7(12)13/h4,6H,2-3,9H2,1H3,(H,10,11)(H,12,13). The summed E-state index contributed by atoms with van der Waals surface area (Å²) in [6.45, 7) is 2.16. The molecule has 0 amide bonds. The van der Waals surface area contributed by atoms with Crippen molar-refractivity contribution in [2.45, 2.75) is 19.3 Å². The monoisotopic (exact) mass is 183 g/mol. The Kier molecular flexibility index (Phi) is 3.02. The zero-order chi connectivity index (χ0) is 9.84. The van der Waals surface area contributed by atoms with Crippen molar-refractivity contribution < 1.29 is 9.90 Å². The van der Waals surface area contributed by atoms with Gasteiger partial charge in [-0.1, -0.05) is 0 Å². The Morgan fingerprint density at radius 1 is 1.85 bits per heavy atom. The minimum absolute atomic E-state index is 0.0300. The topological polar surface area (TPSA) is 92.0 Å². The predicted octanol–water partition coefficient (Wildman–Crippen LogP) is 0.235. The van der Waals surface area contributed by atoms with Crippen molar-refractivity contribution in [3.8, 4) is 0 Å². The molecule has 13 heavy (non-hydrogen) atoms. The van der Waals surface area contributed by atoms with E-state index in [1.54, 1.807) is 6.33 Å². The maximum absolute atomic E-state index is 10.5. The van der Waals surface area contributed by atoms with Crippen LogP contribution in [0.3, 0.4) is 0 Å². The maximum atomic E-state index is 10.5. The van der Waals surface area contributed by atoms with E-state index in [0.717, 1.165) is 11.4 Å². The van der Waals surface area contributed by atoms with Crippen molar-refractivity contribution in [3.05, 3.63) is 17.7 Å². The average molecular weight is 183 g/mol. The molecule has 1 aromatic heterocycles. The van der Waals surface area contributed by atoms with E-state index in [1.807, 2.05) is 6.92 Å². The summed E-state index contributed by atoms with van der Waals surface area (Å²) in [7, 11) is 0. The number of carboxylic acid groups (broad SMARTS) is 1. The van der Waals surface area contributed by atoms with E-state index < -0.39 is 5.97 Å². The molecule has 1 rings (SSSR count). The van der Waals surface area contributed by atoms with Crippen LogP contribution in [0.2, 0.25) is 0 Å². The Bertz CT molecular complexity index is 295. The lowest BCUT2D eigenvalue weighted by molar-refractivity contribution is -0.137. The van der Waals surface area contributed by atoms with Crippen LogP contribution >= 0.6 is 0 Å². The first-order valence-corrected chi connectivity index (χ1v) is 4.07. The summed E-state index contributed by atoms with van der Waals surface area (Å²) in [5.41, 5.74) is 7.10. The van der Waals surface area contributed by atoms with Gasteiger partial charge in [-0.3, -0.25) is 4.79 Å². The molecule has 0 aliphatic heterocycles. The van der Waals surface area contributed by atoms with Crippen LogP contribution in [0, 0.1) is 6.92 Å². The van der Waals surface area contributed by atoms with Gasteiger partial charge in [-0.05, 0) is 6.92 Å². The van der Waals surface area contributed by atoms with Crippen molar-refractivity contribution in [3.63, 3.8) is 0 Å². The number of aryl methyl sites for hydroxylation is 1. The van der Waals surface area contributed by atoms with Crippen molar-refractivity contribution in [2.24, 2.45) is 5.73 Å². The summed E-state index contributed by atoms with van der Waals surface area (Å²) in [5.74, 6) is -1.04. The van der Waals surface area contributed by atoms with Gasteiger partial charge in [0.15, 0.2) is 0 Å². The van der Waals surface area contributed by atoms with Crippen molar-refractivity contribution in [2.75, 3.05) is 6.54 Å². The summed E-state index contributed by atoms with van der Waals surface area (Å²) in [6, 6.07) is 0. The highest BCUT2D eigenvalue weighted by atomic mass is 16.4. The quantitative estimate of drug-likeness (QED) is 0.623. The van der Waals surface area contributed by atoms with Crippen LogP contribution in [0.5, 0.6) is 0 Å². The highest BCUT2D eigenvalue weighted by molar-refractivity contribution is 5.68. The van der Waals surface area contributed by atoms with Gasteiger partial charge in [0.1, 0.15) is 0 Å². The molecule has 5 nitrogen and oxygen atoms in total. The predicted molar refractivity (Wildman–Crippen MR) is 47.4 cm³/mol. The van der Waals surface area contributed by atoms with Crippen LogP contribution in [-0.4, -0.2) is 27.6 Å². The number of imidazole rings is 1. The minimum Gasteiger partial charge on any atom is -0.481 e. The highest BCUT2D eigenvalue weighted by Gasteiger charge is 2.17. The number of aromatic amines is 1. The van der Waals surface area contributed by atoms with Gasteiger partial charge in [0.2, 0.25) is 0 Å². The molecule has 1 unspecified atom stereocenters. The number of nitrogens with zero attached hydrogens (tertiary/aromatic N) is 1. The first-order valence-electron chi connectivity index (χ1n) is 4.07. The number of hydrogen-bond acceptors (Lipinski definition) is 3. The minimum atomic E-state index is -0.849. The molecule has 5 heteroatoms. The highest BCUT2D eigenvalue weighted by Crippen LogP contribution is 2.18. The Morgan fingerprint density at radius 3 is 2.92 bits per heavy atom. The Labute approximate surface area is 76.0 Å². The molecule has 0 saturated heterocycles. The smallest absolute Gasteiger partial charge is 0.304 e. The molecule has 0 saturated carbocycles. The molecule has 0 aromatic carbocycles. The van der Waals surface area contributed by atoms with Crippen LogP contribution in [0.1, 0.15) is 23.7 Å². The molecule has 0 spiro atoms. The number of nitrogens with one attached hydrogen (secondary N) is 1. The van der Waals surface area contributed by atoms with Gasteiger partial charge < -0.3 is 15.8 Å². The molecular weight excluding hydrogens is 170 g/mol. The molecule has 4 N–H and O–H groups in total. The maximum Gasteiger partial charge on any atom is 0.304 e. The van der Waals surface area contributed by atoms with Crippen LogP contribution in [0.25, 0.3) is 0 Å². The summed E-state index contributed by atoms with van der Waals surface area (Å²) >= 11 is 0. The third-order valence-corrected chi connectivity index (χ3v) is 1.96. The molecule has 1 heterocycles. The Hall–Kier alpha value is -1.36. The van der Waals surface area contributed by atoms with Crippen molar-refractivity contribution in [1.29, 1.82) is 0 Å². The fourth-order valence-corrected chi connectivity index (χ4v) is 1.28. The molecule has 0 aliphatic rings. The third-order valence-electron chi connectivity index (χ3n) is 1.96. The molecule has 0 radical (unpaired) electrons. The van der Waals surface area contributed by atoms with Crippen molar-refractivity contribution >= 4 is 5.97 Å². The van der Waals surface area contributed by atoms with E-state index in [9.17, 15) is 4.79 Å². The summed E-state index contributed by atoms with van der Waals surface area (Å²) in [6.07, 6.45) is 1.58. The zero-order valence-corrected chi connectivity index (χ0v) is 7.45. The zero-order valence-electron chi connectivity index (χ0n) is 7.45. The van der Waals surface area contributed by atoms with Gasteiger partial charge in [-0.2, -0.15) is 0 Å². The SMILES string of the molecule is Cc1[nH]cnc1C(CN)CC(=O)O. The number of H-pyrrole nitrogens is 1. The van der Waals surface area contributed by atoms with Crippen molar-refractivity contribution in [1.82, 2.24) is 9.97 Å². The van der Waals surface area contributed by atoms with E-state index in [2.05, 4.69) is 9.97 Å². The lowest BCUT2D eigenvalue weighted by Gasteiger charge is -2.09. The van der Waals surface area contributed by atoms with Crippen LogP contribution in [-0.2, 0) is 4.79 Å². The van der Waals surface area contributed by atoms with Gasteiger partial charge in [0.05, 0.1) is 18.4 Å². The summed E-state index contributed by atoms with van der Waals surface area (Å²) in [4.78, 5) is 17.4. The fraction of sp³-hybridized carbons (Fsp3) is 0.500. The van der Waals surface area contributed by atoms with E-state index in [1.165, 1.54) is 0 Å². The van der Waals surface area contributed by atoms with E-state index in [-0.39, 0.29) is 12.3 Å². The molecule has 0 aliphatic carbocycles. The lowest BCUT2D eigenvalue weighted by atomic mass is 10.0. The number of carbonyl (C=O) groups is 1. The number of nitrogens with two attached hydrogens (primary N) is 1. The van der Waals surface area contributed by atoms with Crippen LogP contribution < -0.4 is 5.73 Å². The number of aromatic nitrogens is 2. The normalized spacial score (nSPS) is 12.8. The second-order valence-corrected chi connectivity index (χ2v) is 2.94. The first-order chi connectivity index (χ1) is 6.15. The lowest BCUT2D eigenvalue weighted by Crippen LogP contribution is -2.17. The Morgan fingerprint density at radius 2 is 2.54 bits per heavy atom. The van der Waals surface area contributed by atoms with E-state index in [4.69, 9.17) is 10.8 Å². The van der Waals surface area contributed by atoms with Crippen LogP contribution in [0.15, 0.2) is 6.33 Å². The number of rotatable bonds is 4. The Balaban J connectivity index is 2.78. The number of hydrogen-bond donors (Lipinski definition) is 3. The van der Waals surface area contributed by atoms with Gasteiger partial charge >= 0.3 is 5.97 Å². The second-order valence-electron chi connectivity index (χ2n) is 2.94. The fourth-order valence-electron chi connectivity index (χ4n) is 1.28. The average Bonchev–Trinajstić information content (AvgIpc) is 2.47. The second kappa shape index (κ2) is 4.04. The molecule has 0 fully saturated rings. The number of aliphatic carboxylic acids is 1. The molecule has 1 aromatic rings. The van der Waals surface area contributed by atoms with Gasteiger partial charge in [-0.25, -0.2) is 4.98 Å². The van der Waals surface area contributed by atoms with Gasteiger partial charge in [0, 0.05) is 18.2 Å². The van der Waals surface area contributed by atoms with Gasteiger partial charge in [0.25, 0.3) is 0 Å². The van der Waals surface area contributed by atoms with E-state index >= 15 is 0 Å². The molecular formula is C8H13N3O2. The number of carboxylic acids is 1. The first kappa shape index (κ1) is 9.73. The summed E-state index contributed by atoms with van der Waals surface area (Å²) < 4.78 is 0. The summed E-state index contributed by atoms with van der Waals surface area (Å²) in [5, 5.41) is 8.61.